The maximum absolute atomic E-state index is 6.12. The van der Waals surface area contributed by atoms with Crippen molar-refractivity contribution in [2.24, 2.45) is 5.73 Å². The molecule has 0 spiro atoms. The molecule has 2 nitrogen and oxygen atoms in total. The van der Waals surface area contributed by atoms with Gasteiger partial charge in [0.2, 0.25) is 0 Å². The third kappa shape index (κ3) is 3.27. The molecule has 2 rings (SSSR count). The molecule has 2 atom stereocenters. The summed E-state index contributed by atoms with van der Waals surface area (Å²) in [6.45, 7) is 2.61. The number of nitrogens with two attached hydrogens (primary N) is 1. The van der Waals surface area contributed by atoms with Crippen LogP contribution in [0.2, 0.25) is 0 Å². The number of nitrogens with zero attached hydrogens (tertiary/aromatic N) is 1. The normalized spacial score (nSPS) is 33.2. The summed E-state index contributed by atoms with van der Waals surface area (Å²) in [5.74, 6) is 0. The highest BCUT2D eigenvalue weighted by atomic mass is 35.5. The summed E-state index contributed by atoms with van der Waals surface area (Å²) in [6.07, 6.45) is 8.13. The largest absolute Gasteiger partial charge is 0.326 e. The maximum Gasteiger partial charge on any atom is 0.0247 e. The SMILES string of the molecule is Cl.Cl.N[C@@H]1CCCC[C@@H]1N1CCCC1. The van der Waals surface area contributed by atoms with Gasteiger partial charge in [-0.1, -0.05) is 12.8 Å². The molecular weight excluding hydrogens is 219 g/mol. The smallest absolute Gasteiger partial charge is 0.0247 e. The number of likely N-dealkylation sites (tertiary alicyclic amines) is 1. The van der Waals surface area contributed by atoms with Gasteiger partial charge in [-0.25, -0.2) is 0 Å². The van der Waals surface area contributed by atoms with Gasteiger partial charge in [0.1, 0.15) is 0 Å². The summed E-state index contributed by atoms with van der Waals surface area (Å²) in [5, 5.41) is 0. The number of hydrogen-bond donors (Lipinski definition) is 1. The number of halogens is 2. The molecule has 0 amide bonds. The topological polar surface area (TPSA) is 29.3 Å². The van der Waals surface area contributed by atoms with Gasteiger partial charge in [0.25, 0.3) is 0 Å². The van der Waals surface area contributed by atoms with Gasteiger partial charge < -0.3 is 5.73 Å². The first kappa shape index (κ1) is 14.5. The molecule has 14 heavy (non-hydrogen) atoms. The Morgan fingerprint density at radius 1 is 0.857 bits per heavy atom. The molecule has 0 bridgehead atoms. The molecule has 86 valence electrons. The highest BCUT2D eigenvalue weighted by Gasteiger charge is 2.28. The zero-order chi connectivity index (χ0) is 8.39. The molecule has 0 aromatic carbocycles. The second kappa shape index (κ2) is 6.89. The van der Waals surface area contributed by atoms with Crippen molar-refractivity contribution in [2.75, 3.05) is 13.1 Å². The minimum Gasteiger partial charge on any atom is -0.326 e. The maximum atomic E-state index is 6.12. The molecule has 1 aliphatic carbocycles. The van der Waals surface area contributed by atoms with Crippen molar-refractivity contribution >= 4 is 24.8 Å². The fraction of sp³-hybridized carbons (Fsp3) is 1.00. The van der Waals surface area contributed by atoms with Crippen LogP contribution in [0.5, 0.6) is 0 Å². The molecule has 1 aliphatic heterocycles. The average molecular weight is 241 g/mol. The summed E-state index contributed by atoms with van der Waals surface area (Å²) >= 11 is 0. The molecule has 2 N–H and O–H groups in total. The Morgan fingerprint density at radius 2 is 1.43 bits per heavy atom. The highest BCUT2D eigenvalue weighted by molar-refractivity contribution is 5.85. The van der Waals surface area contributed by atoms with E-state index in [0.29, 0.717) is 6.04 Å². The van der Waals surface area contributed by atoms with Crippen LogP contribution in [0.1, 0.15) is 38.5 Å². The minimum atomic E-state index is 0. The molecule has 4 heteroatoms. The highest BCUT2D eigenvalue weighted by Crippen LogP contribution is 2.24. The van der Waals surface area contributed by atoms with E-state index in [0.717, 1.165) is 6.04 Å². The van der Waals surface area contributed by atoms with Gasteiger partial charge in [0.05, 0.1) is 0 Å². The summed E-state index contributed by atoms with van der Waals surface area (Å²) in [5.41, 5.74) is 6.12. The van der Waals surface area contributed by atoms with Crippen LogP contribution in [0.3, 0.4) is 0 Å². The van der Waals surface area contributed by atoms with Gasteiger partial charge in [-0.3, -0.25) is 4.90 Å². The van der Waals surface area contributed by atoms with E-state index in [4.69, 9.17) is 5.73 Å². The lowest BCUT2D eigenvalue weighted by molar-refractivity contribution is 0.168. The molecule has 1 saturated carbocycles. The first-order valence-corrected chi connectivity index (χ1v) is 5.37. The van der Waals surface area contributed by atoms with Crippen LogP contribution < -0.4 is 5.73 Å². The Labute approximate surface area is 99.4 Å². The Balaban J connectivity index is 0.000000845. The third-order valence-electron chi connectivity index (χ3n) is 3.39. The molecule has 0 unspecified atom stereocenters. The second-order valence-corrected chi connectivity index (χ2v) is 4.26. The Bertz CT molecular complexity index is 149. The van der Waals surface area contributed by atoms with E-state index in [2.05, 4.69) is 4.90 Å². The minimum absolute atomic E-state index is 0. The monoisotopic (exact) mass is 240 g/mol. The molecule has 2 aliphatic rings. The van der Waals surface area contributed by atoms with E-state index < -0.39 is 0 Å². The van der Waals surface area contributed by atoms with Gasteiger partial charge in [0.15, 0.2) is 0 Å². The predicted molar refractivity (Wildman–Crippen MR) is 65.5 cm³/mol. The van der Waals surface area contributed by atoms with Gasteiger partial charge in [-0.2, -0.15) is 0 Å². The van der Waals surface area contributed by atoms with E-state index in [1.807, 2.05) is 0 Å². The van der Waals surface area contributed by atoms with Crippen molar-refractivity contribution in [1.82, 2.24) is 4.90 Å². The molecule has 1 heterocycles. The summed E-state index contributed by atoms with van der Waals surface area (Å²) in [7, 11) is 0. The third-order valence-corrected chi connectivity index (χ3v) is 3.39. The second-order valence-electron chi connectivity index (χ2n) is 4.26. The van der Waals surface area contributed by atoms with Gasteiger partial charge in [-0.05, 0) is 38.8 Å². The fourth-order valence-corrected chi connectivity index (χ4v) is 2.67. The zero-order valence-electron chi connectivity index (χ0n) is 8.65. The van der Waals surface area contributed by atoms with E-state index in [1.165, 1.54) is 51.6 Å². The number of rotatable bonds is 1. The van der Waals surface area contributed by atoms with E-state index >= 15 is 0 Å². The van der Waals surface area contributed by atoms with E-state index in [-0.39, 0.29) is 24.8 Å². The molecule has 1 saturated heterocycles. The zero-order valence-corrected chi connectivity index (χ0v) is 10.3. The quantitative estimate of drug-likeness (QED) is 0.762. The van der Waals surface area contributed by atoms with Crippen LogP contribution >= 0.6 is 24.8 Å². The first-order chi connectivity index (χ1) is 5.88. The van der Waals surface area contributed by atoms with Crippen molar-refractivity contribution in [1.29, 1.82) is 0 Å². The molecular formula is C10H22Cl2N2. The Kier molecular flexibility index (Phi) is 7.13. The van der Waals surface area contributed by atoms with Crippen LogP contribution in [-0.4, -0.2) is 30.1 Å². The summed E-state index contributed by atoms with van der Waals surface area (Å²) < 4.78 is 0. The average Bonchev–Trinajstić information content (AvgIpc) is 2.57. The van der Waals surface area contributed by atoms with E-state index in [9.17, 15) is 0 Å². The molecule has 0 aromatic heterocycles. The Morgan fingerprint density at radius 3 is 2.00 bits per heavy atom. The first-order valence-electron chi connectivity index (χ1n) is 5.37. The van der Waals surface area contributed by atoms with Crippen molar-refractivity contribution < 1.29 is 0 Å². The summed E-state index contributed by atoms with van der Waals surface area (Å²) in [6, 6.07) is 1.19. The lowest BCUT2D eigenvalue weighted by atomic mass is 9.90. The van der Waals surface area contributed by atoms with Crippen molar-refractivity contribution in [3.63, 3.8) is 0 Å². The lowest BCUT2D eigenvalue weighted by Gasteiger charge is -2.35. The van der Waals surface area contributed by atoms with Gasteiger partial charge in [0, 0.05) is 12.1 Å². The van der Waals surface area contributed by atoms with Crippen molar-refractivity contribution in [2.45, 2.75) is 50.6 Å². The van der Waals surface area contributed by atoms with Crippen LogP contribution in [-0.2, 0) is 0 Å². The molecule has 0 aromatic rings. The van der Waals surface area contributed by atoms with Crippen LogP contribution in [0, 0.1) is 0 Å². The molecule has 2 fully saturated rings. The van der Waals surface area contributed by atoms with Crippen LogP contribution in [0.25, 0.3) is 0 Å². The van der Waals surface area contributed by atoms with Crippen LogP contribution in [0.15, 0.2) is 0 Å². The number of hydrogen-bond acceptors (Lipinski definition) is 2. The van der Waals surface area contributed by atoms with Crippen molar-refractivity contribution in [3.05, 3.63) is 0 Å². The molecule has 0 radical (unpaired) electrons. The standard InChI is InChI=1S/C10H20N2.2ClH/c11-9-5-1-2-6-10(9)12-7-3-4-8-12;;/h9-10H,1-8,11H2;2*1H/t9-,10+;;/m1../s1. The van der Waals surface area contributed by atoms with Crippen molar-refractivity contribution in [3.8, 4) is 0 Å². The van der Waals surface area contributed by atoms with Crippen LogP contribution in [0.4, 0.5) is 0 Å². The lowest BCUT2D eigenvalue weighted by Crippen LogP contribution is -2.48. The Hall–Kier alpha value is 0.500. The van der Waals surface area contributed by atoms with Gasteiger partial charge >= 0.3 is 0 Å². The fourth-order valence-electron chi connectivity index (χ4n) is 2.67. The van der Waals surface area contributed by atoms with Gasteiger partial charge in [-0.15, -0.1) is 24.8 Å². The summed E-state index contributed by atoms with van der Waals surface area (Å²) in [4.78, 5) is 2.61. The predicted octanol–water partition coefficient (Wildman–Crippen LogP) is 2.20. The van der Waals surface area contributed by atoms with E-state index in [1.54, 1.807) is 0 Å².